The highest BCUT2D eigenvalue weighted by Gasteiger charge is 2.16. The molecule has 19 heavy (non-hydrogen) atoms. The van der Waals surface area contributed by atoms with E-state index in [4.69, 9.17) is 4.74 Å². The molecule has 0 N–H and O–H groups in total. The van der Waals surface area contributed by atoms with Crippen LogP contribution in [0.5, 0.6) is 0 Å². The molecule has 0 aromatic heterocycles. The van der Waals surface area contributed by atoms with Gasteiger partial charge in [-0.3, -0.25) is 0 Å². The molecule has 1 aliphatic rings. The van der Waals surface area contributed by atoms with Crippen molar-refractivity contribution in [1.29, 1.82) is 0 Å². The van der Waals surface area contributed by atoms with Crippen molar-refractivity contribution in [3.05, 3.63) is 41.8 Å². The average molecular weight is 255 g/mol. The van der Waals surface area contributed by atoms with Crippen LogP contribution in [0.15, 0.2) is 41.5 Å². The zero-order valence-corrected chi connectivity index (χ0v) is 10.5. The summed E-state index contributed by atoms with van der Waals surface area (Å²) in [5, 5.41) is 6.47. The second-order valence-electron chi connectivity index (χ2n) is 4.19. The van der Waals surface area contributed by atoms with Crippen molar-refractivity contribution in [2.24, 2.45) is 5.11 Å². The second kappa shape index (κ2) is 4.68. The number of nitrogens with zero attached hydrogens (tertiary/aromatic N) is 3. The van der Waals surface area contributed by atoms with Crippen molar-refractivity contribution >= 4 is 28.1 Å². The van der Waals surface area contributed by atoms with Crippen molar-refractivity contribution in [1.82, 2.24) is 0 Å². The highest BCUT2D eigenvalue weighted by Crippen LogP contribution is 2.40. The van der Waals surface area contributed by atoms with E-state index in [9.17, 15) is 4.79 Å². The number of ether oxygens (including phenoxy) is 1. The van der Waals surface area contributed by atoms with Gasteiger partial charge in [-0.1, -0.05) is 36.4 Å². The third kappa shape index (κ3) is 2.14. The molecule has 0 saturated carbocycles. The molecular weight excluding hydrogens is 242 g/mol. The van der Waals surface area contributed by atoms with Crippen LogP contribution in [0.25, 0.3) is 16.2 Å². The largest absolute Gasteiger partial charge is 0.461 e. The van der Waals surface area contributed by atoms with Gasteiger partial charge in [0.1, 0.15) is 0 Å². The third-order valence-corrected chi connectivity index (χ3v) is 2.88. The van der Waals surface area contributed by atoms with Gasteiger partial charge in [0, 0.05) is 11.4 Å². The number of benzene rings is 2. The average Bonchev–Trinajstić information content (AvgIpc) is 2.39. The van der Waals surface area contributed by atoms with Crippen LogP contribution in [0.2, 0.25) is 0 Å². The maximum absolute atomic E-state index is 11.5. The quantitative estimate of drug-likeness (QED) is 0.623. The van der Waals surface area contributed by atoms with Crippen LogP contribution in [0, 0.1) is 0 Å². The van der Waals surface area contributed by atoms with E-state index in [-0.39, 0.29) is 12.5 Å². The zero-order valence-electron chi connectivity index (χ0n) is 10.5. The lowest BCUT2D eigenvalue weighted by Crippen LogP contribution is -2.19. The summed E-state index contributed by atoms with van der Waals surface area (Å²) in [6.45, 7) is 2.16. The van der Waals surface area contributed by atoms with Crippen molar-refractivity contribution < 1.29 is 14.3 Å². The monoisotopic (exact) mass is 255 g/mol. The van der Waals surface area contributed by atoms with E-state index in [0.717, 1.165) is 22.1 Å². The summed E-state index contributed by atoms with van der Waals surface area (Å²) >= 11 is 0. The normalized spacial score (nSPS) is 12.8. The van der Waals surface area contributed by atoms with Gasteiger partial charge >= 0.3 is 5.97 Å². The number of carbonyl (C=O) groups excluding carboxylic acids is 1. The summed E-state index contributed by atoms with van der Waals surface area (Å²) in [7, 11) is 0. The topological polar surface area (TPSA) is 55.8 Å². The highest BCUT2D eigenvalue weighted by atomic mass is 16.5. The molecule has 0 amide bonds. The maximum atomic E-state index is 11.5. The predicted molar refractivity (Wildman–Crippen MR) is 70.8 cm³/mol. The number of azo groups is 1. The Morgan fingerprint density at radius 1 is 1.32 bits per heavy atom. The molecule has 0 aliphatic carbocycles. The fourth-order valence-corrected chi connectivity index (χ4v) is 2.13. The van der Waals surface area contributed by atoms with Crippen LogP contribution in [0.3, 0.4) is 0 Å². The van der Waals surface area contributed by atoms with Crippen LogP contribution in [0.4, 0.5) is 11.4 Å². The van der Waals surface area contributed by atoms with Crippen molar-refractivity contribution in [3.8, 4) is 0 Å². The summed E-state index contributed by atoms with van der Waals surface area (Å²) in [6, 6.07) is 11.8. The maximum Gasteiger partial charge on any atom is 0.374 e. The van der Waals surface area contributed by atoms with Crippen LogP contribution in [-0.2, 0) is 9.53 Å². The van der Waals surface area contributed by atoms with E-state index in [1.165, 1.54) is 4.81 Å². The van der Waals surface area contributed by atoms with Crippen LogP contribution in [-0.4, -0.2) is 23.9 Å². The molecule has 0 unspecified atom stereocenters. The minimum atomic E-state index is -0.332. The molecule has 0 radical (unpaired) electrons. The molecule has 3 rings (SSSR count). The molecule has 96 valence electrons. The molecule has 2 aromatic carbocycles. The van der Waals surface area contributed by atoms with Crippen molar-refractivity contribution in [2.45, 2.75) is 6.92 Å². The first kappa shape index (κ1) is 11.6. The van der Waals surface area contributed by atoms with Crippen molar-refractivity contribution in [3.63, 3.8) is 0 Å². The van der Waals surface area contributed by atoms with E-state index in [2.05, 4.69) is 10.5 Å². The molecule has 1 heterocycles. The molecule has 5 heteroatoms. The number of esters is 1. The minimum Gasteiger partial charge on any atom is -0.461 e. The number of hydrogen-bond donors (Lipinski definition) is 0. The Morgan fingerprint density at radius 3 is 2.89 bits per heavy atom. The van der Waals surface area contributed by atoms with Gasteiger partial charge < -0.3 is 4.74 Å². The zero-order chi connectivity index (χ0) is 13.2. The molecule has 5 nitrogen and oxygen atoms in total. The fraction of sp³-hybridized carbons (Fsp3) is 0.214. The number of carbonyl (C=O) groups is 1. The molecule has 1 aliphatic heterocycles. The second-order valence-corrected chi connectivity index (χ2v) is 4.19. The van der Waals surface area contributed by atoms with E-state index < -0.39 is 0 Å². The first-order chi connectivity index (χ1) is 9.28. The summed E-state index contributed by atoms with van der Waals surface area (Å²) in [4.78, 5) is 12.9. The SMILES string of the molecule is CCOC(=O)C[N+]1=Nc2cccc3cccc(c23)[N-]1. The molecule has 0 fully saturated rings. The van der Waals surface area contributed by atoms with Gasteiger partial charge in [-0.25, -0.2) is 4.79 Å². The van der Waals surface area contributed by atoms with Gasteiger partial charge in [-0.15, -0.1) is 4.81 Å². The lowest BCUT2D eigenvalue weighted by atomic mass is 10.1. The van der Waals surface area contributed by atoms with Gasteiger partial charge in [-0.2, -0.15) is 10.5 Å². The molecule has 2 aromatic rings. The fourth-order valence-electron chi connectivity index (χ4n) is 2.13. The summed E-state index contributed by atoms with van der Waals surface area (Å²) in [5.41, 5.74) is 6.00. The molecule has 0 saturated heterocycles. The Kier molecular flexibility index (Phi) is 2.87. The standard InChI is InChI=1S/C14H13N3O2/c1-2-19-13(18)9-17-15-11-7-3-5-10-6-4-8-12(16-17)14(10)11/h3-8H,2,9H2,1H3. The smallest absolute Gasteiger partial charge is 0.374 e. The van der Waals surface area contributed by atoms with Gasteiger partial charge in [0.25, 0.3) is 6.54 Å². The van der Waals surface area contributed by atoms with Gasteiger partial charge in [-0.05, 0) is 17.7 Å². The predicted octanol–water partition coefficient (Wildman–Crippen LogP) is 3.43. The molecule has 0 atom stereocenters. The number of hydrogen-bond acceptors (Lipinski definition) is 3. The first-order valence-corrected chi connectivity index (χ1v) is 6.16. The Balaban J connectivity index is 1.98. The highest BCUT2D eigenvalue weighted by molar-refractivity contribution is 6.02. The minimum absolute atomic E-state index is 0.0264. The molecule has 0 bridgehead atoms. The lowest BCUT2D eigenvalue weighted by molar-refractivity contribution is -0.529. The molecule has 0 spiro atoms. The summed E-state index contributed by atoms with van der Waals surface area (Å²) < 4.78 is 4.91. The third-order valence-electron chi connectivity index (χ3n) is 2.88. The van der Waals surface area contributed by atoms with Crippen LogP contribution in [0.1, 0.15) is 6.92 Å². The van der Waals surface area contributed by atoms with E-state index in [1.54, 1.807) is 6.92 Å². The van der Waals surface area contributed by atoms with Crippen LogP contribution < -0.4 is 0 Å². The Morgan fingerprint density at radius 2 is 2.11 bits per heavy atom. The Bertz CT molecular complexity index is 674. The van der Waals surface area contributed by atoms with E-state index in [1.807, 2.05) is 36.4 Å². The molecular formula is C14H13N3O2. The Hall–Kier alpha value is -2.43. The lowest BCUT2D eigenvalue weighted by Gasteiger charge is -2.19. The summed E-state index contributed by atoms with van der Waals surface area (Å²) in [5.74, 6) is -0.332. The Labute approximate surface area is 110 Å². The van der Waals surface area contributed by atoms with Gasteiger partial charge in [0.05, 0.1) is 6.61 Å². The first-order valence-electron chi connectivity index (χ1n) is 6.16. The van der Waals surface area contributed by atoms with Gasteiger partial charge in [0.2, 0.25) is 0 Å². The van der Waals surface area contributed by atoms with Crippen molar-refractivity contribution in [2.75, 3.05) is 13.2 Å². The van der Waals surface area contributed by atoms with Gasteiger partial charge in [0.15, 0.2) is 0 Å². The summed E-state index contributed by atoms with van der Waals surface area (Å²) in [6.07, 6.45) is 0. The van der Waals surface area contributed by atoms with Crippen LogP contribution >= 0.6 is 0 Å². The van der Waals surface area contributed by atoms with E-state index >= 15 is 0 Å². The number of rotatable bonds is 3. The van der Waals surface area contributed by atoms with E-state index in [0.29, 0.717) is 6.61 Å².